The van der Waals surface area contributed by atoms with Gasteiger partial charge in [-0.25, -0.2) is 0 Å². The van der Waals surface area contributed by atoms with Crippen molar-refractivity contribution in [1.82, 2.24) is 0 Å². The van der Waals surface area contributed by atoms with Crippen molar-refractivity contribution in [2.45, 2.75) is 56.9 Å². The molecule has 3 rings (SSSR count). The number of fused-ring (bicyclic) bond motifs is 1. The molecule has 0 amide bonds. The molecule has 2 aliphatic carbocycles. The maximum Gasteiger partial charge on any atom is 0.171 e. The highest BCUT2D eigenvalue weighted by molar-refractivity contribution is 7.19. The van der Waals surface area contributed by atoms with Gasteiger partial charge in [-0.2, -0.15) is 0 Å². The number of hydrogen-bond donors (Lipinski definition) is 0. The molecule has 2 nitrogen and oxygen atoms in total. The van der Waals surface area contributed by atoms with E-state index in [-0.39, 0.29) is 5.79 Å². The van der Waals surface area contributed by atoms with E-state index < -0.39 is 0 Å². The summed E-state index contributed by atoms with van der Waals surface area (Å²) < 4.78 is 12.0. The van der Waals surface area contributed by atoms with Crippen LogP contribution in [0.25, 0.3) is 0 Å². The van der Waals surface area contributed by atoms with Gasteiger partial charge >= 0.3 is 0 Å². The van der Waals surface area contributed by atoms with E-state index in [0.717, 1.165) is 31.5 Å². The van der Waals surface area contributed by atoms with Crippen LogP contribution in [0.4, 0.5) is 0 Å². The average Bonchev–Trinajstić information content (AvgIpc) is 2.78. The predicted octanol–water partition coefficient (Wildman–Crippen LogP) is 3.21. The monoisotopic (exact) mass is 256 g/mol. The third-order valence-electron chi connectivity index (χ3n) is 5.74. The van der Waals surface area contributed by atoms with Crippen molar-refractivity contribution in [3.63, 3.8) is 0 Å². The fraction of sp³-hybridized carbons (Fsp3) is 1.00. The molecule has 1 aliphatic heterocycles. The van der Waals surface area contributed by atoms with Gasteiger partial charge in [-0.1, -0.05) is 20.3 Å². The minimum Gasteiger partial charge on any atom is -0.347 e. The van der Waals surface area contributed by atoms with E-state index in [4.69, 9.17) is 9.47 Å². The second-order valence-electron chi connectivity index (χ2n) is 6.35. The van der Waals surface area contributed by atoms with Crippen LogP contribution in [0.1, 0.15) is 46.0 Å². The molecule has 2 saturated carbocycles. The lowest BCUT2D eigenvalue weighted by atomic mass is 9.59. The fourth-order valence-corrected chi connectivity index (χ4v) is 5.26. The third kappa shape index (κ3) is 1.71. The van der Waals surface area contributed by atoms with E-state index in [2.05, 4.69) is 23.1 Å². The van der Waals surface area contributed by atoms with Crippen molar-refractivity contribution in [2.75, 3.05) is 13.2 Å². The molecule has 0 bridgehead atoms. The van der Waals surface area contributed by atoms with Gasteiger partial charge in [0.25, 0.3) is 0 Å². The molecule has 3 heteroatoms. The summed E-state index contributed by atoms with van der Waals surface area (Å²) in [6.45, 7) is 6.36. The summed E-state index contributed by atoms with van der Waals surface area (Å²) in [6, 6.07) is 0. The molecule has 0 aromatic heterocycles. The molecular weight excluding hydrogens is 231 g/mol. The minimum absolute atomic E-state index is 0.234. The van der Waals surface area contributed by atoms with Crippen molar-refractivity contribution in [3.05, 3.63) is 0 Å². The lowest BCUT2D eigenvalue weighted by molar-refractivity contribution is -0.232. The summed E-state index contributed by atoms with van der Waals surface area (Å²) in [4.78, 5) is 0. The average molecular weight is 256 g/mol. The van der Waals surface area contributed by atoms with Gasteiger partial charge in [0.2, 0.25) is 0 Å². The van der Waals surface area contributed by atoms with E-state index in [1.807, 2.05) is 0 Å². The van der Waals surface area contributed by atoms with Crippen molar-refractivity contribution in [3.8, 4) is 0 Å². The first-order valence-electron chi connectivity index (χ1n) is 7.15. The topological polar surface area (TPSA) is 18.5 Å². The van der Waals surface area contributed by atoms with Gasteiger partial charge in [0.1, 0.15) is 0 Å². The van der Waals surface area contributed by atoms with E-state index >= 15 is 0 Å². The molecule has 3 aliphatic rings. The van der Waals surface area contributed by atoms with E-state index in [0.29, 0.717) is 11.1 Å². The van der Waals surface area contributed by atoms with Gasteiger partial charge in [-0.15, -0.1) is 9.24 Å². The number of hydrogen-bond acceptors (Lipinski definition) is 2. The molecule has 0 N–H and O–H groups in total. The summed E-state index contributed by atoms with van der Waals surface area (Å²) in [6.07, 6.45) is 6.44. The van der Waals surface area contributed by atoms with Crippen LogP contribution in [0.5, 0.6) is 0 Å². The van der Waals surface area contributed by atoms with Gasteiger partial charge in [0.05, 0.1) is 13.2 Å². The smallest absolute Gasteiger partial charge is 0.171 e. The van der Waals surface area contributed by atoms with Crippen LogP contribution in [-0.2, 0) is 9.47 Å². The molecule has 1 saturated heterocycles. The van der Waals surface area contributed by atoms with Gasteiger partial charge < -0.3 is 9.47 Å². The molecule has 0 aromatic carbocycles. The van der Waals surface area contributed by atoms with Crippen molar-refractivity contribution >= 4 is 9.24 Å². The van der Waals surface area contributed by atoms with Crippen molar-refractivity contribution < 1.29 is 9.47 Å². The molecule has 0 aromatic rings. The van der Waals surface area contributed by atoms with Crippen LogP contribution in [0, 0.1) is 17.8 Å². The molecule has 5 atom stereocenters. The standard InChI is InChI=1S/C14H25O2P/c1-10-4-3-5-12-11(2)14(15-8-9-16-14)7-6-13(10,12)17/h10-12H,3-9,17H2,1-2H3/t10-,11-,12-,13-/m1/s1. The molecular formula is C14H25O2P. The Balaban J connectivity index is 1.88. The van der Waals surface area contributed by atoms with Crippen molar-refractivity contribution in [1.29, 1.82) is 0 Å². The summed E-state index contributed by atoms with van der Waals surface area (Å²) in [5.41, 5.74) is 0. The Morgan fingerprint density at radius 2 is 1.76 bits per heavy atom. The first-order valence-corrected chi connectivity index (χ1v) is 7.73. The Labute approximate surface area is 107 Å². The Kier molecular flexibility index (Phi) is 3.05. The minimum atomic E-state index is -0.234. The second-order valence-corrected chi connectivity index (χ2v) is 7.42. The maximum atomic E-state index is 5.99. The number of ether oxygens (including phenoxy) is 2. The highest BCUT2D eigenvalue weighted by Crippen LogP contribution is 2.58. The summed E-state index contributed by atoms with van der Waals surface area (Å²) in [5.74, 6) is 1.89. The molecule has 1 unspecified atom stereocenters. The quantitative estimate of drug-likeness (QED) is 0.620. The lowest BCUT2D eigenvalue weighted by Gasteiger charge is -2.56. The van der Waals surface area contributed by atoms with Gasteiger partial charge in [-0.3, -0.25) is 0 Å². The second kappa shape index (κ2) is 4.18. The Hall–Kier alpha value is 0.350. The van der Waals surface area contributed by atoms with Crippen LogP contribution in [0.2, 0.25) is 0 Å². The molecule has 1 spiro atoms. The van der Waals surface area contributed by atoms with Crippen LogP contribution >= 0.6 is 9.24 Å². The Bertz CT molecular complexity index is 301. The Morgan fingerprint density at radius 1 is 1.06 bits per heavy atom. The van der Waals surface area contributed by atoms with E-state index in [1.165, 1.54) is 25.7 Å². The van der Waals surface area contributed by atoms with Crippen LogP contribution in [0.15, 0.2) is 0 Å². The highest BCUT2D eigenvalue weighted by Gasteiger charge is 2.57. The molecule has 17 heavy (non-hydrogen) atoms. The molecule has 98 valence electrons. The predicted molar refractivity (Wildman–Crippen MR) is 72.0 cm³/mol. The number of rotatable bonds is 0. The van der Waals surface area contributed by atoms with Crippen LogP contribution in [0.3, 0.4) is 0 Å². The van der Waals surface area contributed by atoms with E-state index in [1.54, 1.807) is 0 Å². The third-order valence-corrected chi connectivity index (χ3v) is 7.03. The van der Waals surface area contributed by atoms with E-state index in [9.17, 15) is 0 Å². The van der Waals surface area contributed by atoms with Gasteiger partial charge in [0.15, 0.2) is 5.79 Å². The molecule has 1 heterocycles. The summed E-state index contributed by atoms with van der Waals surface area (Å²) >= 11 is 0. The summed E-state index contributed by atoms with van der Waals surface area (Å²) in [5, 5.41) is 0.443. The first-order chi connectivity index (χ1) is 8.08. The first kappa shape index (κ1) is 12.4. The SMILES string of the molecule is C[C@@H]1[C@H]2CCC[C@@H](C)[C@]2(P)CCC12OCCO2. The summed E-state index contributed by atoms with van der Waals surface area (Å²) in [7, 11) is 3.22. The fourth-order valence-electron chi connectivity index (χ4n) is 4.50. The normalized spacial score (nSPS) is 49.2. The zero-order valence-corrected chi connectivity index (χ0v) is 12.2. The zero-order chi connectivity index (χ0) is 12.1. The lowest BCUT2D eigenvalue weighted by Crippen LogP contribution is -2.57. The van der Waals surface area contributed by atoms with Gasteiger partial charge in [-0.05, 0) is 36.3 Å². The van der Waals surface area contributed by atoms with Crippen molar-refractivity contribution in [2.24, 2.45) is 17.8 Å². The van der Waals surface area contributed by atoms with Crippen LogP contribution in [-0.4, -0.2) is 24.2 Å². The molecule has 3 fully saturated rings. The maximum absolute atomic E-state index is 5.99. The largest absolute Gasteiger partial charge is 0.347 e. The molecule has 0 radical (unpaired) electrons. The highest BCUT2D eigenvalue weighted by atomic mass is 31.0. The Morgan fingerprint density at radius 3 is 2.47 bits per heavy atom. The zero-order valence-electron chi connectivity index (χ0n) is 11.1. The van der Waals surface area contributed by atoms with Crippen LogP contribution < -0.4 is 0 Å². The van der Waals surface area contributed by atoms with Gasteiger partial charge in [0, 0.05) is 12.3 Å².